The predicted octanol–water partition coefficient (Wildman–Crippen LogP) is 2.53. The molecule has 0 spiro atoms. The van der Waals surface area contributed by atoms with E-state index in [1.54, 1.807) is 12.1 Å². The van der Waals surface area contributed by atoms with Gasteiger partial charge in [-0.05, 0) is 37.1 Å². The minimum absolute atomic E-state index is 0.331. The summed E-state index contributed by atoms with van der Waals surface area (Å²) in [4.78, 5) is 29.9. The van der Waals surface area contributed by atoms with Crippen LogP contribution in [0.1, 0.15) is 11.1 Å². The third-order valence-corrected chi connectivity index (χ3v) is 4.39. The number of fused-ring (bicyclic) bond motifs is 1. The summed E-state index contributed by atoms with van der Waals surface area (Å²) < 4.78 is 1.16. The number of hydrogen-bond acceptors (Lipinski definition) is 3. The largest absolute Gasteiger partial charge is 0.334 e. The van der Waals surface area contributed by atoms with Crippen LogP contribution in [0.15, 0.2) is 64.2 Å². The van der Waals surface area contributed by atoms with Gasteiger partial charge in [-0.1, -0.05) is 35.9 Å². The average Bonchev–Trinajstić information content (AvgIpc) is 3.00. The second-order valence-electron chi connectivity index (χ2n) is 6.00. The van der Waals surface area contributed by atoms with Gasteiger partial charge in [0, 0.05) is 18.3 Å². The summed E-state index contributed by atoms with van der Waals surface area (Å²) in [5.74, 6) is 0.540. The number of rotatable bonds is 2. The van der Waals surface area contributed by atoms with Crippen LogP contribution in [0.4, 0.5) is 11.5 Å². The topological polar surface area (TPSA) is 58.1 Å². The monoisotopic (exact) mass is 319 g/mol. The fourth-order valence-corrected chi connectivity index (χ4v) is 3.16. The summed E-state index contributed by atoms with van der Waals surface area (Å²) in [6.07, 6.45) is 0.902. The predicted molar refractivity (Wildman–Crippen MR) is 94.5 cm³/mol. The number of hydrogen-bond donors (Lipinski definition) is 1. The zero-order valence-electron chi connectivity index (χ0n) is 13.3. The molecule has 0 saturated heterocycles. The van der Waals surface area contributed by atoms with Gasteiger partial charge in [0.1, 0.15) is 5.82 Å². The Bertz CT molecular complexity index is 985. The van der Waals surface area contributed by atoms with Crippen molar-refractivity contribution in [3.63, 3.8) is 0 Å². The molecule has 4 rings (SSSR count). The first-order valence-electron chi connectivity index (χ1n) is 7.92. The van der Waals surface area contributed by atoms with Crippen molar-refractivity contribution in [2.24, 2.45) is 0 Å². The summed E-state index contributed by atoms with van der Waals surface area (Å²) in [7, 11) is 0. The minimum Gasteiger partial charge on any atom is -0.327 e. The fourth-order valence-electron chi connectivity index (χ4n) is 3.16. The summed E-state index contributed by atoms with van der Waals surface area (Å²) in [6.45, 7) is 2.72. The molecule has 0 aliphatic carbocycles. The normalized spacial score (nSPS) is 13.1. The molecule has 0 unspecified atom stereocenters. The Kier molecular flexibility index (Phi) is 3.34. The Labute approximate surface area is 138 Å². The Balaban J connectivity index is 1.80. The molecule has 1 aliphatic heterocycles. The smallest absolute Gasteiger partial charge is 0.327 e. The second-order valence-corrected chi connectivity index (χ2v) is 6.00. The van der Waals surface area contributed by atoms with E-state index in [4.69, 9.17) is 0 Å². The zero-order valence-corrected chi connectivity index (χ0v) is 13.3. The Morgan fingerprint density at radius 2 is 1.75 bits per heavy atom. The molecule has 0 saturated carbocycles. The number of aryl methyl sites for hydroxylation is 1. The van der Waals surface area contributed by atoms with Gasteiger partial charge in [-0.25, -0.2) is 9.36 Å². The van der Waals surface area contributed by atoms with E-state index in [2.05, 4.69) is 11.1 Å². The van der Waals surface area contributed by atoms with E-state index in [9.17, 15) is 9.59 Å². The highest BCUT2D eigenvalue weighted by Gasteiger charge is 2.21. The maximum Gasteiger partial charge on any atom is 0.334 e. The maximum absolute atomic E-state index is 12.5. The lowest BCUT2D eigenvalue weighted by molar-refractivity contribution is 0.855. The molecule has 2 aromatic carbocycles. The van der Waals surface area contributed by atoms with Crippen LogP contribution < -0.4 is 16.1 Å². The summed E-state index contributed by atoms with van der Waals surface area (Å²) >= 11 is 0. The molecule has 3 aromatic rings. The van der Waals surface area contributed by atoms with E-state index in [0.717, 1.165) is 28.8 Å². The highest BCUT2D eigenvalue weighted by atomic mass is 16.2. The molecule has 1 N–H and O–H groups in total. The van der Waals surface area contributed by atoms with Crippen molar-refractivity contribution in [1.29, 1.82) is 0 Å². The van der Waals surface area contributed by atoms with Crippen molar-refractivity contribution in [2.75, 3.05) is 11.4 Å². The number of aromatic nitrogens is 2. The third kappa shape index (κ3) is 2.34. The number of nitrogens with zero attached hydrogens (tertiary/aromatic N) is 2. The van der Waals surface area contributed by atoms with Crippen LogP contribution in [0.25, 0.3) is 5.69 Å². The number of nitrogens with one attached hydrogen (secondary N) is 1. The molecule has 5 nitrogen and oxygen atoms in total. The number of para-hydroxylation sites is 1. The van der Waals surface area contributed by atoms with E-state index >= 15 is 0 Å². The molecular formula is C19H17N3O2. The molecule has 0 atom stereocenters. The highest BCUT2D eigenvalue weighted by Crippen LogP contribution is 2.32. The Morgan fingerprint density at radius 1 is 1.00 bits per heavy atom. The van der Waals surface area contributed by atoms with Gasteiger partial charge in [-0.15, -0.1) is 0 Å². The quantitative estimate of drug-likeness (QED) is 0.789. The zero-order chi connectivity index (χ0) is 16.7. The van der Waals surface area contributed by atoms with E-state index in [1.165, 1.54) is 11.6 Å². The van der Waals surface area contributed by atoms with Gasteiger partial charge in [0.25, 0.3) is 5.56 Å². The van der Waals surface area contributed by atoms with Crippen molar-refractivity contribution < 1.29 is 0 Å². The van der Waals surface area contributed by atoms with Crippen molar-refractivity contribution in [1.82, 2.24) is 9.55 Å². The molecule has 0 amide bonds. The van der Waals surface area contributed by atoms with Crippen LogP contribution >= 0.6 is 0 Å². The molecule has 0 bridgehead atoms. The van der Waals surface area contributed by atoms with Gasteiger partial charge in [0.2, 0.25) is 0 Å². The molecule has 1 aromatic heterocycles. The molecule has 5 heteroatoms. The maximum atomic E-state index is 12.5. The van der Waals surface area contributed by atoms with Gasteiger partial charge in [-0.2, -0.15) is 0 Å². The summed E-state index contributed by atoms with van der Waals surface area (Å²) in [5, 5.41) is 0. The SMILES string of the molecule is Cc1ccc(-n2c(=O)cc(N3CCc4ccccc43)[nH]c2=O)cc1. The van der Waals surface area contributed by atoms with Crippen molar-refractivity contribution in [3.05, 3.63) is 86.6 Å². The Morgan fingerprint density at radius 3 is 2.50 bits per heavy atom. The average molecular weight is 319 g/mol. The van der Waals surface area contributed by atoms with Gasteiger partial charge < -0.3 is 4.90 Å². The lowest BCUT2D eigenvalue weighted by Gasteiger charge is -2.19. The summed E-state index contributed by atoms with van der Waals surface area (Å²) in [6, 6.07) is 16.8. The number of anilines is 2. The number of benzene rings is 2. The van der Waals surface area contributed by atoms with Crippen LogP contribution in [-0.4, -0.2) is 16.1 Å². The van der Waals surface area contributed by atoms with Gasteiger partial charge in [-0.3, -0.25) is 9.78 Å². The molecule has 0 fully saturated rings. The fraction of sp³-hybridized carbons (Fsp3) is 0.158. The lowest BCUT2D eigenvalue weighted by Crippen LogP contribution is -2.35. The third-order valence-electron chi connectivity index (χ3n) is 4.39. The van der Waals surface area contributed by atoms with Crippen molar-refractivity contribution >= 4 is 11.5 Å². The number of H-pyrrole nitrogens is 1. The minimum atomic E-state index is -0.425. The first kappa shape index (κ1) is 14.5. The van der Waals surface area contributed by atoms with Gasteiger partial charge >= 0.3 is 5.69 Å². The van der Waals surface area contributed by atoms with Gasteiger partial charge in [0.15, 0.2) is 0 Å². The molecule has 24 heavy (non-hydrogen) atoms. The van der Waals surface area contributed by atoms with Crippen molar-refractivity contribution in [3.8, 4) is 5.69 Å². The second kappa shape index (κ2) is 5.53. The van der Waals surface area contributed by atoms with E-state index in [-0.39, 0.29) is 5.56 Å². The molecular weight excluding hydrogens is 302 g/mol. The van der Waals surface area contributed by atoms with Crippen molar-refractivity contribution in [2.45, 2.75) is 13.3 Å². The number of aromatic amines is 1. The lowest BCUT2D eigenvalue weighted by atomic mass is 10.2. The molecule has 0 radical (unpaired) electrons. The first-order valence-corrected chi connectivity index (χ1v) is 7.92. The Hall–Kier alpha value is -3.08. The van der Waals surface area contributed by atoms with Crippen LogP contribution in [0.5, 0.6) is 0 Å². The van der Waals surface area contributed by atoms with Crippen LogP contribution in [0.2, 0.25) is 0 Å². The van der Waals surface area contributed by atoms with E-state index < -0.39 is 5.69 Å². The molecule has 120 valence electrons. The molecule has 2 heterocycles. The first-order chi connectivity index (χ1) is 11.6. The van der Waals surface area contributed by atoms with Gasteiger partial charge in [0.05, 0.1) is 5.69 Å². The van der Waals surface area contributed by atoms with Crippen LogP contribution in [0.3, 0.4) is 0 Å². The highest BCUT2D eigenvalue weighted by molar-refractivity contribution is 5.67. The van der Waals surface area contributed by atoms with Crippen LogP contribution in [-0.2, 0) is 6.42 Å². The van der Waals surface area contributed by atoms with Crippen LogP contribution in [0, 0.1) is 6.92 Å². The standard InChI is InChI=1S/C19H17N3O2/c1-13-6-8-15(9-7-13)22-18(23)12-17(20-19(22)24)21-11-10-14-4-2-3-5-16(14)21/h2-9,12H,10-11H2,1H3,(H,20,24). The van der Waals surface area contributed by atoms with E-state index in [1.807, 2.05) is 42.2 Å². The summed E-state index contributed by atoms with van der Waals surface area (Å²) in [5.41, 5.74) is 3.16. The molecule has 1 aliphatic rings. The van der Waals surface area contributed by atoms with E-state index in [0.29, 0.717) is 11.5 Å².